The van der Waals surface area contributed by atoms with Crippen molar-refractivity contribution in [2.75, 3.05) is 6.54 Å². The summed E-state index contributed by atoms with van der Waals surface area (Å²) < 4.78 is 14.0. The molecule has 1 rings (SSSR count). The molecule has 0 aliphatic rings. The third-order valence-corrected chi connectivity index (χ3v) is 3.51. The van der Waals surface area contributed by atoms with Crippen LogP contribution in [0.1, 0.15) is 57.2 Å². The van der Waals surface area contributed by atoms with Gasteiger partial charge in [-0.2, -0.15) is 0 Å². The summed E-state index contributed by atoms with van der Waals surface area (Å²) in [5.74, 6) is 0.534. The van der Waals surface area contributed by atoms with Crippen molar-refractivity contribution in [3.8, 4) is 0 Å². The minimum absolute atomic E-state index is 0.0769. The van der Waals surface area contributed by atoms with E-state index in [1.54, 1.807) is 6.07 Å². The quantitative estimate of drug-likeness (QED) is 0.746. The van der Waals surface area contributed by atoms with Gasteiger partial charge in [0, 0.05) is 11.6 Å². The largest absolute Gasteiger partial charge is 0.310 e. The van der Waals surface area contributed by atoms with Crippen molar-refractivity contribution >= 4 is 0 Å². The molecule has 1 N–H and O–H groups in total. The molecule has 0 aliphatic carbocycles. The Morgan fingerprint density at radius 3 is 2.56 bits per heavy atom. The van der Waals surface area contributed by atoms with Crippen LogP contribution in [0.4, 0.5) is 4.39 Å². The van der Waals surface area contributed by atoms with E-state index < -0.39 is 0 Å². The van der Waals surface area contributed by atoms with Gasteiger partial charge in [0.1, 0.15) is 5.82 Å². The van der Waals surface area contributed by atoms with Crippen molar-refractivity contribution in [1.29, 1.82) is 0 Å². The van der Waals surface area contributed by atoms with Crippen LogP contribution in [-0.2, 0) is 0 Å². The lowest BCUT2D eigenvalue weighted by atomic mass is 9.93. The monoisotopic (exact) mass is 251 g/mol. The lowest BCUT2D eigenvalue weighted by Crippen LogP contribution is -2.25. The first-order valence-corrected chi connectivity index (χ1v) is 7.07. The van der Waals surface area contributed by atoms with E-state index in [9.17, 15) is 4.39 Å². The average molecular weight is 251 g/mol. The predicted molar refractivity (Wildman–Crippen MR) is 76.2 cm³/mol. The number of rotatable bonds is 7. The fourth-order valence-corrected chi connectivity index (χ4v) is 2.12. The molecule has 1 nitrogen and oxygen atoms in total. The highest BCUT2D eigenvalue weighted by atomic mass is 19.1. The highest BCUT2D eigenvalue weighted by molar-refractivity contribution is 5.26. The van der Waals surface area contributed by atoms with Crippen molar-refractivity contribution in [1.82, 2.24) is 5.32 Å². The number of nitrogens with one attached hydrogen (secondary N) is 1. The average Bonchev–Trinajstić information content (AvgIpc) is 2.34. The molecule has 1 aromatic rings. The van der Waals surface area contributed by atoms with Crippen molar-refractivity contribution in [2.24, 2.45) is 5.92 Å². The van der Waals surface area contributed by atoms with Crippen molar-refractivity contribution < 1.29 is 4.39 Å². The summed E-state index contributed by atoms with van der Waals surface area (Å²) >= 11 is 0. The summed E-state index contributed by atoms with van der Waals surface area (Å²) in [5, 5.41) is 3.47. The van der Waals surface area contributed by atoms with Gasteiger partial charge < -0.3 is 5.32 Å². The number of hydrogen-bond acceptors (Lipinski definition) is 1. The third kappa shape index (κ3) is 4.41. The Morgan fingerprint density at radius 2 is 2.00 bits per heavy atom. The Hall–Kier alpha value is -0.890. The first kappa shape index (κ1) is 15.2. The van der Waals surface area contributed by atoms with Crippen molar-refractivity contribution in [3.05, 3.63) is 35.1 Å². The fourth-order valence-electron chi connectivity index (χ4n) is 2.12. The molecule has 0 amide bonds. The molecule has 102 valence electrons. The maximum Gasteiger partial charge on any atom is 0.128 e. The first-order valence-electron chi connectivity index (χ1n) is 7.07. The van der Waals surface area contributed by atoms with Crippen LogP contribution in [0.2, 0.25) is 0 Å². The van der Waals surface area contributed by atoms with Crippen molar-refractivity contribution in [3.63, 3.8) is 0 Å². The number of aryl methyl sites for hydroxylation is 1. The highest BCUT2D eigenvalue weighted by Gasteiger charge is 2.17. The molecule has 0 radical (unpaired) electrons. The van der Waals surface area contributed by atoms with E-state index in [-0.39, 0.29) is 11.9 Å². The van der Waals surface area contributed by atoms with Crippen LogP contribution in [0.3, 0.4) is 0 Å². The highest BCUT2D eigenvalue weighted by Crippen LogP contribution is 2.25. The summed E-state index contributed by atoms with van der Waals surface area (Å²) in [6, 6.07) is 5.70. The minimum atomic E-state index is -0.0769. The number of hydrogen-bond donors (Lipinski definition) is 1. The second kappa shape index (κ2) is 7.52. The zero-order chi connectivity index (χ0) is 13.5. The summed E-state index contributed by atoms with van der Waals surface area (Å²) in [5.41, 5.74) is 1.79. The molecule has 0 heterocycles. The molecular weight excluding hydrogens is 225 g/mol. The number of benzene rings is 1. The Bertz CT molecular complexity index is 362. The van der Waals surface area contributed by atoms with E-state index >= 15 is 0 Å². The van der Waals surface area contributed by atoms with Crippen LogP contribution in [0.25, 0.3) is 0 Å². The van der Waals surface area contributed by atoms with Gasteiger partial charge in [-0.25, -0.2) is 4.39 Å². The number of halogens is 1. The lowest BCUT2D eigenvalue weighted by molar-refractivity contribution is 0.392. The van der Waals surface area contributed by atoms with E-state index in [0.29, 0.717) is 5.92 Å². The summed E-state index contributed by atoms with van der Waals surface area (Å²) in [6.07, 6.45) is 3.21. The van der Waals surface area contributed by atoms with E-state index in [4.69, 9.17) is 0 Å². The molecule has 0 aromatic heterocycles. The van der Waals surface area contributed by atoms with Gasteiger partial charge in [-0.15, -0.1) is 0 Å². The normalized spacial score (nSPS) is 14.5. The fraction of sp³-hybridized carbons (Fsp3) is 0.625. The Labute approximate surface area is 111 Å². The van der Waals surface area contributed by atoms with E-state index in [2.05, 4.69) is 26.1 Å². The molecule has 2 atom stereocenters. The molecule has 0 spiro atoms. The molecule has 18 heavy (non-hydrogen) atoms. The van der Waals surface area contributed by atoms with Gasteiger partial charge in [-0.1, -0.05) is 39.3 Å². The van der Waals surface area contributed by atoms with Gasteiger partial charge >= 0.3 is 0 Å². The van der Waals surface area contributed by atoms with Crippen LogP contribution in [0, 0.1) is 18.7 Å². The van der Waals surface area contributed by atoms with Gasteiger partial charge in [-0.05, 0) is 43.9 Å². The van der Waals surface area contributed by atoms with Crippen molar-refractivity contribution in [2.45, 2.75) is 53.0 Å². The first-order chi connectivity index (χ1) is 8.58. The lowest BCUT2D eigenvalue weighted by Gasteiger charge is -2.22. The molecule has 1 aromatic carbocycles. The van der Waals surface area contributed by atoms with E-state index in [1.165, 1.54) is 0 Å². The maximum atomic E-state index is 14.0. The van der Waals surface area contributed by atoms with E-state index in [0.717, 1.165) is 36.9 Å². The smallest absolute Gasteiger partial charge is 0.128 e. The van der Waals surface area contributed by atoms with E-state index in [1.807, 2.05) is 19.1 Å². The third-order valence-electron chi connectivity index (χ3n) is 3.51. The SMILES string of the molecule is CCCNC(CC(C)CC)c1ccc(C)cc1F. The van der Waals surface area contributed by atoms with Crippen LogP contribution < -0.4 is 5.32 Å². The Balaban J connectivity index is 2.86. The second-order valence-corrected chi connectivity index (χ2v) is 5.28. The zero-order valence-electron chi connectivity index (χ0n) is 12.1. The van der Waals surface area contributed by atoms with Crippen LogP contribution in [-0.4, -0.2) is 6.54 Å². The molecule has 0 saturated heterocycles. The molecular formula is C16H26FN. The van der Waals surface area contributed by atoms with Crippen LogP contribution in [0.5, 0.6) is 0 Å². The van der Waals surface area contributed by atoms with Gasteiger partial charge in [0.05, 0.1) is 0 Å². The molecule has 0 bridgehead atoms. The van der Waals surface area contributed by atoms with Crippen LogP contribution >= 0.6 is 0 Å². The predicted octanol–water partition coefficient (Wildman–Crippen LogP) is 4.61. The zero-order valence-corrected chi connectivity index (χ0v) is 12.1. The topological polar surface area (TPSA) is 12.0 Å². The molecule has 2 heteroatoms. The van der Waals surface area contributed by atoms with Gasteiger partial charge in [0.25, 0.3) is 0 Å². The Morgan fingerprint density at radius 1 is 1.28 bits per heavy atom. The molecule has 0 aliphatic heterocycles. The standard InChI is InChI=1S/C16H26FN/c1-5-9-18-16(11-12(3)6-2)14-8-7-13(4)10-15(14)17/h7-8,10,12,16,18H,5-6,9,11H2,1-4H3. The molecule has 2 unspecified atom stereocenters. The van der Waals surface area contributed by atoms with Gasteiger partial charge in [-0.3, -0.25) is 0 Å². The Kier molecular flexibility index (Phi) is 6.34. The second-order valence-electron chi connectivity index (χ2n) is 5.28. The maximum absolute atomic E-state index is 14.0. The van der Waals surface area contributed by atoms with Crippen LogP contribution in [0.15, 0.2) is 18.2 Å². The molecule has 0 fully saturated rings. The van der Waals surface area contributed by atoms with Gasteiger partial charge in [0.15, 0.2) is 0 Å². The summed E-state index contributed by atoms with van der Waals surface area (Å²) in [7, 11) is 0. The summed E-state index contributed by atoms with van der Waals surface area (Å²) in [4.78, 5) is 0. The summed E-state index contributed by atoms with van der Waals surface area (Å²) in [6.45, 7) is 9.42. The van der Waals surface area contributed by atoms with Gasteiger partial charge in [0.2, 0.25) is 0 Å². The molecule has 0 saturated carbocycles. The minimum Gasteiger partial charge on any atom is -0.310 e.